The van der Waals surface area contributed by atoms with Crippen molar-refractivity contribution in [1.29, 1.82) is 0 Å². The molecule has 0 aliphatic rings. The maximum Gasteiger partial charge on any atom is 0.235 e. The summed E-state index contributed by atoms with van der Waals surface area (Å²) < 4.78 is 14.0. The lowest BCUT2D eigenvalue weighted by molar-refractivity contribution is 0.570. The van der Waals surface area contributed by atoms with Crippen LogP contribution in [0.3, 0.4) is 0 Å². The molecule has 0 spiro atoms. The van der Waals surface area contributed by atoms with E-state index in [0.29, 0.717) is 5.65 Å². The molecular weight excluding hydrogens is 157 g/mol. The van der Waals surface area contributed by atoms with Gasteiger partial charge in [-0.25, -0.2) is 9.50 Å². The van der Waals surface area contributed by atoms with Crippen LogP contribution in [0.5, 0.6) is 0 Å². The lowest BCUT2D eigenvalue weighted by Crippen LogP contribution is -1.92. The van der Waals surface area contributed by atoms with Gasteiger partial charge in [-0.05, 0) is 12.0 Å². The Morgan fingerprint density at radius 2 is 2.42 bits per heavy atom. The summed E-state index contributed by atoms with van der Waals surface area (Å²) in [7, 11) is 0. The van der Waals surface area contributed by atoms with Gasteiger partial charge < -0.3 is 0 Å². The summed E-state index contributed by atoms with van der Waals surface area (Å²) in [4.78, 5) is 4.03. The molecule has 0 aliphatic heterocycles. The number of fused-ring (bicyclic) bond motifs is 1. The average Bonchev–Trinajstić information content (AvgIpc) is 2.43. The lowest BCUT2D eigenvalue weighted by Gasteiger charge is -1.95. The minimum absolute atomic E-state index is 0.490. The molecule has 2 rings (SSSR count). The highest BCUT2D eigenvalue weighted by Crippen LogP contribution is 2.04. The fraction of sp³-hybridized carbons (Fsp3) is 0.250. The Hall–Kier alpha value is -1.45. The van der Waals surface area contributed by atoms with Crippen LogP contribution in [0.4, 0.5) is 4.39 Å². The standard InChI is InChI=1S/C8H8FN3/c1-2-6-4-10-8-3-7(9)11-12(8)5-6/h3-5H,2H2,1H3. The Bertz CT molecular complexity index is 408. The van der Waals surface area contributed by atoms with Crippen LogP contribution in [-0.2, 0) is 6.42 Å². The molecule has 0 saturated carbocycles. The second-order valence-electron chi connectivity index (χ2n) is 2.59. The van der Waals surface area contributed by atoms with Crippen molar-refractivity contribution in [3.63, 3.8) is 0 Å². The summed E-state index contributed by atoms with van der Waals surface area (Å²) in [5.41, 5.74) is 1.59. The van der Waals surface area contributed by atoms with E-state index in [2.05, 4.69) is 10.1 Å². The largest absolute Gasteiger partial charge is 0.237 e. The zero-order valence-corrected chi connectivity index (χ0v) is 6.66. The second-order valence-corrected chi connectivity index (χ2v) is 2.59. The van der Waals surface area contributed by atoms with Crippen molar-refractivity contribution in [1.82, 2.24) is 14.6 Å². The minimum Gasteiger partial charge on any atom is -0.237 e. The molecule has 62 valence electrons. The molecule has 2 aromatic rings. The van der Waals surface area contributed by atoms with Crippen molar-refractivity contribution in [2.75, 3.05) is 0 Å². The van der Waals surface area contributed by atoms with Gasteiger partial charge >= 0.3 is 0 Å². The van der Waals surface area contributed by atoms with Crippen molar-refractivity contribution in [3.8, 4) is 0 Å². The predicted octanol–water partition coefficient (Wildman–Crippen LogP) is 1.43. The van der Waals surface area contributed by atoms with Crippen LogP contribution in [0.2, 0.25) is 0 Å². The fourth-order valence-electron chi connectivity index (χ4n) is 1.07. The Labute approximate surface area is 68.9 Å². The average molecular weight is 165 g/mol. The molecule has 0 radical (unpaired) electrons. The van der Waals surface area contributed by atoms with Gasteiger partial charge in [-0.1, -0.05) is 6.92 Å². The SMILES string of the molecule is CCc1cnc2cc(F)nn2c1. The van der Waals surface area contributed by atoms with Crippen LogP contribution in [0, 0.1) is 5.95 Å². The van der Waals surface area contributed by atoms with E-state index in [1.54, 1.807) is 12.4 Å². The van der Waals surface area contributed by atoms with Gasteiger partial charge in [0.1, 0.15) is 0 Å². The molecule has 0 N–H and O–H groups in total. The van der Waals surface area contributed by atoms with Crippen molar-refractivity contribution in [2.24, 2.45) is 0 Å². The van der Waals surface area contributed by atoms with Crippen LogP contribution in [0.25, 0.3) is 5.65 Å². The normalized spacial score (nSPS) is 10.8. The van der Waals surface area contributed by atoms with E-state index in [1.165, 1.54) is 10.6 Å². The van der Waals surface area contributed by atoms with E-state index in [4.69, 9.17) is 0 Å². The number of halogens is 1. The van der Waals surface area contributed by atoms with Gasteiger partial charge in [0.05, 0.1) is 0 Å². The Morgan fingerprint density at radius 3 is 3.17 bits per heavy atom. The van der Waals surface area contributed by atoms with Gasteiger partial charge in [-0.3, -0.25) is 0 Å². The van der Waals surface area contributed by atoms with Crippen molar-refractivity contribution in [3.05, 3.63) is 30.0 Å². The summed E-state index contributed by atoms with van der Waals surface area (Å²) in [5, 5.41) is 3.61. The van der Waals surface area contributed by atoms with Crippen LogP contribution < -0.4 is 0 Å². The first kappa shape index (κ1) is 7.21. The molecule has 0 atom stereocenters. The summed E-state index contributed by atoms with van der Waals surface area (Å²) in [6.45, 7) is 2.02. The Morgan fingerprint density at radius 1 is 1.58 bits per heavy atom. The predicted molar refractivity (Wildman–Crippen MR) is 42.3 cm³/mol. The van der Waals surface area contributed by atoms with Crippen LogP contribution in [0.1, 0.15) is 12.5 Å². The number of aryl methyl sites for hydroxylation is 1. The van der Waals surface area contributed by atoms with E-state index in [0.717, 1.165) is 12.0 Å². The molecule has 0 amide bonds. The van der Waals surface area contributed by atoms with Gasteiger partial charge in [0.25, 0.3) is 0 Å². The molecular formula is C8H8FN3. The highest BCUT2D eigenvalue weighted by Gasteiger charge is 2.00. The quantitative estimate of drug-likeness (QED) is 0.639. The van der Waals surface area contributed by atoms with Gasteiger partial charge in [0.15, 0.2) is 5.65 Å². The summed E-state index contributed by atoms with van der Waals surface area (Å²) >= 11 is 0. The van der Waals surface area contributed by atoms with E-state index in [-0.39, 0.29) is 0 Å². The summed E-state index contributed by atoms with van der Waals surface area (Å²) in [6, 6.07) is 1.30. The zero-order valence-electron chi connectivity index (χ0n) is 6.66. The first-order valence-electron chi connectivity index (χ1n) is 3.79. The third-order valence-corrected chi connectivity index (χ3v) is 1.75. The molecule has 0 aliphatic carbocycles. The number of aromatic nitrogens is 3. The number of hydrogen-bond donors (Lipinski definition) is 0. The summed E-state index contributed by atoms with van der Waals surface area (Å²) in [6.07, 6.45) is 4.40. The van der Waals surface area contributed by atoms with Crippen LogP contribution >= 0.6 is 0 Å². The van der Waals surface area contributed by atoms with E-state index in [1.807, 2.05) is 6.92 Å². The number of rotatable bonds is 1. The van der Waals surface area contributed by atoms with Gasteiger partial charge in [0.2, 0.25) is 5.95 Å². The van der Waals surface area contributed by atoms with Crippen molar-refractivity contribution < 1.29 is 4.39 Å². The number of nitrogens with zero attached hydrogens (tertiary/aromatic N) is 3. The second kappa shape index (κ2) is 2.55. The van der Waals surface area contributed by atoms with Gasteiger partial charge in [0, 0.05) is 18.5 Å². The third kappa shape index (κ3) is 1.05. The summed E-state index contributed by atoms with van der Waals surface area (Å²) in [5.74, 6) is -0.490. The monoisotopic (exact) mass is 165 g/mol. The third-order valence-electron chi connectivity index (χ3n) is 1.75. The van der Waals surface area contributed by atoms with E-state index >= 15 is 0 Å². The Balaban J connectivity index is 2.66. The maximum atomic E-state index is 12.6. The molecule has 0 bridgehead atoms. The first-order valence-corrected chi connectivity index (χ1v) is 3.79. The highest BCUT2D eigenvalue weighted by molar-refractivity contribution is 5.36. The van der Waals surface area contributed by atoms with Crippen LogP contribution in [0.15, 0.2) is 18.5 Å². The van der Waals surface area contributed by atoms with Gasteiger partial charge in [-0.15, -0.1) is 5.10 Å². The lowest BCUT2D eigenvalue weighted by atomic mass is 10.3. The molecule has 12 heavy (non-hydrogen) atoms. The molecule has 0 fully saturated rings. The maximum absolute atomic E-state index is 12.6. The fourth-order valence-corrected chi connectivity index (χ4v) is 1.07. The highest BCUT2D eigenvalue weighted by atomic mass is 19.1. The van der Waals surface area contributed by atoms with Crippen LogP contribution in [-0.4, -0.2) is 14.6 Å². The zero-order chi connectivity index (χ0) is 8.55. The van der Waals surface area contributed by atoms with Crippen molar-refractivity contribution in [2.45, 2.75) is 13.3 Å². The molecule has 0 aromatic carbocycles. The molecule has 0 saturated heterocycles. The Kier molecular flexibility index (Phi) is 1.53. The molecule has 4 heteroatoms. The van der Waals surface area contributed by atoms with Gasteiger partial charge in [-0.2, -0.15) is 4.39 Å². The number of hydrogen-bond acceptors (Lipinski definition) is 2. The van der Waals surface area contributed by atoms with E-state index in [9.17, 15) is 4.39 Å². The molecule has 2 aromatic heterocycles. The molecule has 3 nitrogen and oxygen atoms in total. The topological polar surface area (TPSA) is 30.2 Å². The molecule has 0 unspecified atom stereocenters. The minimum atomic E-state index is -0.490. The van der Waals surface area contributed by atoms with E-state index < -0.39 is 5.95 Å². The smallest absolute Gasteiger partial charge is 0.235 e. The molecule has 2 heterocycles. The van der Waals surface area contributed by atoms with Crippen molar-refractivity contribution >= 4 is 5.65 Å². The first-order chi connectivity index (χ1) is 5.79.